The standard InChI is InChI=1S/C31H28OS/c1-17-11-19(3)29(20(4)12-17)23-7-9-27-25(15-23)31(32)26-16-24(8-10-28(26)33-27)30-21(5)13-18(2)14-22(30)6/h7-16H,1-6H3. The van der Waals surface area contributed by atoms with Crippen LogP contribution >= 0.6 is 11.3 Å². The van der Waals surface area contributed by atoms with Crippen molar-refractivity contribution in [1.29, 1.82) is 0 Å². The lowest BCUT2D eigenvalue weighted by atomic mass is 9.92. The predicted octanol–water partition coefficient (Wildman–Crippen LogP) is 8.60. The first-order chi connectivity index (χ1) is 15.7. The summed E-state index contributed by atoms with van der Waals surface area (Å²) in [5, 5.41) is 1.61. The van der Waals surface area contributed by atoms with Crippen LogP contribution in [-0.2, 0) is 0 Å². The second-order valence-corrected chi connectivity index (χ2v) is 10.5. The zero-order valence-electron chi connectivity index (χ0n) is 20.1. The molecule has 0 fully saturated rings. The Kier molecular flexibility index (Phi) is 5.22. The van der Waals surface area contributed by atoms with Gasteiger partial charge < -0.3 is 0 Å². The van der Waals surface area contributed by atoms with Gasteiger partial charge in [-0.2, -0.15) is 0 Å². The highest BCUT2D eigenvalue weighted by Crippen LogP contribution is 2.35. The van der Waals surface area contributed by atoms with Crippen LogP contribution in [0.4, 0.5) is 0 Å². The molecule has 164 valence electrons. The third-order valence-electron chi connectivity index (χ3n) is 6.60. The first-order valence-corrected chi connectivity index (χ1v) is 12.2. The maximum atomic E-state index is 13.7. The second kappa shape index (κ2) is 7.97. The van der Waals surface area contributed by atoms with Crippen LogP contribution in [0.1, 0.15) is 33.4 Å². The number of fused-ring (bicyclic) bond motifs is 2. The van der Waals surface area contributed by atoms with E-state index in [9.17, 15) is 4.79 Å². The van der Waals surface area contributed by atoms with E-state index in [0.717, 1.165) is 31.3 Å². The van der Waals surface area contributed by atoms with Crippen molar-refractivity contribution in [1.82, 2.24) is 0 Å². The van der Waals surface area contributed by atoms with Gasteiger partial charge in [-0.3, -0.25) is 4.79 Å². The highest BCUT2D eigenvalue weighted by Gasteiger charge is 2.13. The fraction of sp³-hybridized carbons (Fsp3) is 0.194. The van der Waals surface area contributed by atoms with Crippen molar-refractivity contribution < 1.29 is 0 Å². The molecule has 0 unspecified atom stereocenters. The Balaban J connectivity index is 1.75. The van der Waals surface area contributed by atoms with Gasteiger partial charge in [-0.05, 0) is 110 Å². The van der Waals surface area contributed by atoms with Gasteiger partial charge >= 0.3 is 0 Å². The van der Waals surface area contributed by atoms with Gasteiger partial charge in [0.25, 0.3) is 0 Å². The summed E-state index contributed by atoms with van der Waals surface area (Å²) < 4.78 is 2.07. The highest BCUT2D eigenvalue weighted by atomic mass is 32.1. The fourth-order valence-corrected chi connectivity index (χ4v) is 6.47. The zero-order valence-corrected chi connectivity index (χ0v) is 20.9. The van der Waals surface area contributed by atoms with Crippen LogP contribution in [-0.4, -0.2) is 0 Å². The molecule has 2 heteroatoms. The van der Waals surface area contributed by atoms with Crippen LogP contribution in [0.5, 0.6) is 0 Å². The van der Waals surface area contributed by atoms with Crippen LogP contribution in [0.15, 0.2) is 65.5 Å². The van der Waals surface area contributed by atoms with Gasteiger partial charge in [-0.25, -0.2) is 0 Å². The van der Waals surface area contributed by atoms with Crippen molar-refractivity contribution in [3.8, 4) is 22.3 Å². The molecule has 0 aliphatic heterocycles. The van der Waals surface area contributed by atoms with Crippen molar-refractivity contribution in [3.63, 3.8) is 0 Å². The number of rotatable bonds is 2. The summed E-state index contributed by atoms with van der Waals surface area (Å²) in [7, 11) is 0. The quantitative estimate of drug-likeness (QED) is 0.247. The maximum Gasteiger partial charge on any atom is 0.195 e. The van der Waals surface area contributed by atoms with Crippen molar-refractivity contribution in [2.24, 2.45) is 0 Å². The summed E-state index contributed by atoms with van der Waals surface area (Å²) in [4.78, 5) is 13.7. The van der Waals surface area contributed by atoms with E-state index in [1.165, 1.54) is 44.5 Å². The summed E-state index contributed by atoms with van der Waals surface area (Å²) in [5.41, 5.74) is 12.3. The molecule has 0 aliphatic carbocycles. The minimum atomic E-state index is 0.118. The fourth-order valence-electron chi connectivity index (χ4n) is 5.44. The molecule has 0 amide bonds. The summed E-state index contributed by atoms with van der Waals surface area (Å²) in [6, 6.07) is 21.6. The van der Waals surface area contributed by atoms with Gasteiger partial charge in [0.05, 0.1) is 0 Å². The van der Waals surface area contributed by atoms with Crippen LogP contribution in [0.2, 0.25) is 0 Å². The van der Waals surface area contributed by atoms with E-state index < -0.39 is 0 Å². The van der Waals surface area contributed by atoms with E-state index >= 15 is 0 Å². The molecule has 5 rings (SSSR count). The molecule has 1 heterocycles. The van der Waals surface area contributed by atoms with Crippen LogP contribution in [0, 0.1) is 41.5 Å². The van der Waals surface area contributed by atoms with E-state index in [4.69, 9.17) is 0 Å². The Morgan fingerprint density at radius 1 is 0.515 bits per heavy atom. The van der Waals surface area contributed by atoms with Crippen LogP contribution < -0.4 is 5.43 Å². The average molecular weight is 449 g/mol. The molecule has 33 heavy (non-hydrogen) atoms. The van der Waals surface area contributed by atoms with Gasteiger partial charge in [0.1, 0.15) is 0 Å². The van der Waals surface area contributed by atoms with Crippen molar-refractivity contribution in [2.75, 3.05) is 0 Å². The first kappa shape index (κ1) is 21.6. The lowest BCUT2D eigenvalue weighted by Crippen LogP contribution is -2.02. The number of benzene rings is 4. The molecule has 4 aromatic carbocycles. The zero-order chi connectivity index (χ0) is 23.4. The monoisotopic (exact) mass is 448 g/mol. The average Bonchev–Trinajstić information content (AvgIpc) is 2.73. The summed E-state index contributed by atoms with van der Waals surface area (Å²) in [6.07, 6.45) is 0. The molecule has 0 spiro atoms. The lowest BCUT2D eigenvalue weighted by molar-refractivity contribution is 1.32. The van der Waals surface area contributed by atoms with E-state index in [2.05, 4.69) is 102 Å². The molecular weight excluding hydrogens is 420 g/mol. The molecule has 0 aliphatic rings. The van der Waals surface area contributed by atoms with Crippen molar-refractivity contribution in [3.05, 3.63) is 104 Å². The third-order valence-corrected chi connectivity index (χ3v) is 7.75. The Hall–Kier alpha value is -3.23. The van der Waals surface area contributed by atoms with E-state index in [1.807, 2.05) is 0 Å². The Morgan fingerprint density at radius 3 is 1.24 bits per heavy atom. The SMILES string of the molecule is Cc1cc(C)c(-c2ccc3sc4ccc(-c5c(C)cc(C)cc5C)cc4c(=O)c3c2)c(C)c1. The molecule has 0 N–H and O–H groups in total. The smallest absolute Gasteiger partial charge is 0.195 e. The van der Waals surface area contributed by atoms with E-state index in [0.29, 0.717) is 0 Å². The Bertz CT molecular complexity index is 1470. The third kappa shape index (κ3) is 3.69. The van der Waals surface area contributed by atoms with Crippen molar-refractivity contribution >= 4 is 31.5 Å². The number of hydrogen-bond donors (Lipinski definition) is 0. The van der Waals surface area contributed by atoms with Crippen LogP contribution in [0.25, 0.3) is 42.4 Å². The van der Waals surface area contributed by atoms with Gasteiger partial charge in [0, 0.05) is 20.2 Å². The van der Waals surface area contributed by atoms with E-state index in [1.54, 1.807) is 11.3 Å². The molecule has 0 saturated carbocycles. The molecule has 0 atom stereocenters. The van der Waals surface area contributed by atoms with Gasteiger partial charge in [-0.1, -0.05) is 47.5 Å². The Morgan fingerprint density at radius 2 is 0.879 bits per heavy atom. The van der Waals surface area contributed by atoms with Gasteiger partial charge in [-0.15, -0.1) is 11.3 Å². The first-order valence-electron chi connectivity index (χ1n) is 11.4. The van der Waals surface area contributed by atoms with Gasteiger partial charge in [0.2, 0.25) is 0 Å². The Labute approximate surface area is 199 Å². The minimum Gasteiger partial charge on any atom is -0.289 e. The topological polar surface area (TPSA) is 17.1 Å². The molecule has 0 saturated heterocycles. The molecule has 5 aromatic rings. The molecule has 1 aromatic heterocycles. The van der Waals surface area contributed by atoms with Crippen molar-refractivity contribution in [2.45, 2.75) is 41.5 Å². The summed E-state index contributed by atoms with van der Waals surface area (Å²) in [5.74, 6) is 0. The number of hydrogen-bond acceptors (Lipinski definition) is 2. The maximum absolute atomic E-state index is 13.7. The molecular formula is C31H28OS. The number of aryl methyl sites for hydroxylation is 6. The predicted molar refractivity (Wildman–Crippen MR) is 145 cm³/mol. The molecule has 0 radical (unpaired) electrons. The summed E-state index contributed by atoms with van der Waals surface area (Å²) in [6.45, 7) is 12.9. The minimum absolute atomic E-state index is 0.118. The lowest BCUT2D eigenvalue weighted by Gasteiger charge is -2.14. The largest absolute Gasteiger partial charge is 0.289 e. The highest BCUT2D eigenvalue weighted by molar-refractivity contribution is 7.24. The van der Waals surface area contributed by atoms with Crippen LogP contribution in [0.3, 0.4) is 0 Å². The second-order valence-electron chi connectivity index (χ2n) is 9.40. The molecule has 1 nitrogen and oxygen atoms in total. The van der Waals surface area contributed by atoms with Gasteiger partial charge in [0.15, 0.2) is 5.43 Å². The van der Waals surface area contributed by atoms with E-state index in [-0.39, 0.29) is 5.43 Å². The normalized spacial score (nSPS) is 11.5. The summed E-state index contributed by atoms with van der Waals surface area (Å²) >= 11 is 1.69. The molecule has 0 bridgehead atoms.